The summed E-state index contributed by atoms with van der Waals surface area (Å²) in [6.45, 7) is 0. The maximum absolute atomic E-state index is 12.4. The van der Waals surface area contributed by atoms with E-state index in [2.05, 4.69) is 20.3 Å². The predicted octanol–water partition coefficient (Wildman–Crippen LogP) is 4.44. The molecule has 31 heavy (non-hydrogen) atoms. The van der Waals surface area contributed by atoms with E-state index in [-0.39, 0.29) is 11.7 Å². The van der Waals surface area contributed by atoms with E-state index >= 15 is 0 Å². The minimum atomic E-state index is -0.165. The Morgan fingerprint density at radius 2 is 1.84 bits per heavy atom. The fourth-order valence-electron chi connectivity index (χ4n) is 2.92. The molecular weight excluding hydrogens is 436 g/mol. The number of imidazole rings is 1. The highest BCUT2D eigenvalue weighted by atomic mass is 32.2. The van der Waals surface area contributed by atoms with E-state index in [9.17, 15) is 4.79 Å². The molecule has 2 heterocycles. The maximum Gasteiger partial charge on any atom is 0.236 e. The van der Waals surface area contributed by atoms with Gasteiger partial charge < -0.3 is 24.5 Å². The van der Waals surface area contributed by atoms with Crippen LogP contribution in [-0.2, 0) is 4.79 Å². The number of hydrogen-bond donors (Lipinski definition) is 2. The number of anilines is 1. The minimum absolute atomic E-state index is 0.165. The molecule has 0 aliphatic carbocycles. The van der Waals surface area contributed by atoms with Crippen molar-refractivity contribution < 1.29 is 19.0 Å². The van der Waals surface area contributed by atoms with Crippen molar-refractivity contribution in [1.82, 2.24) is 15.0 Å². The quantitative estimate of drug-likeness (QED) is 0.378. The number of nitrogens with one attached hydrogen (secondary N) is 2. The molecule has 0 fully saturated rings. The maximum atomic E-state index is 12.4. The molecule has 1 amide bonds. The topological polar surface area (TPSA) is 98.4 Å². The molecule has 2 aromatic carbocycles. The first-order valence-corrected chi connectivity index (χ1v) is 11.1. The van der Waals surface area contributed by atoms with Gasteiger partial charge in [-0.15, -0.1) is 11.3 Å². The lowest BCUT2D eigenvalue weighted by Gasteiger charge is -2.08. The van der Waals surface area contributed by atoms with Crippen molar-refractivity contribution in [2.45, 2.75) is 5.16 Å². The van der Waals surface area contributed by atoms with Gasteiger partial charge >= 0.3 is 0 Å². The number of rotatable bonds is 8. The molecule has 0 saturated carbocycles. The number of benzene rings is 2. The number of carbonyl (C=O) groups excluding carboxylic acids is 1. The largest absolute Gasteiger partial charge is 0.497 e. The number of nitrogens with zero attached hydrogens (tertiary/aromatic N) is 2. The molecule has 2 N–H and O–H groups in total. The van der Waals surface area contributed by atoms with E-state index in [1.165, 1.54) is 23.1 Å². The van der Waals surface area contributed by atoms with Gasteiger partial charge in [-0.25, -0.2) is 9.97 Å². The van der Waals surface area contributed by atoms with E-state index in [1.54, 1.807) is 21.3 Å². The van der Waals surface area contributed by atoms with Crippen LogP contribution < -0.4 is 19.5 Å². The van der Waals surface area contributed by atoms with Crippen molar-refractivity contribution >= 4 is 45.2 Å². The Labute approximate surface area is 187 Å². The molecule has 0 spiro atoms. The summed E-state index contributed by atoms with van der Waals surface area (Å²) in [7, 11) is 4.83. The second-order valence-electron chi connectivity index (χ2n) is 6.37. The molecule has 160 valence electrons. The van der Waals surface area contributed by atoms with Crippen LogP contribution in [0.25, 0.3) is 22.3 Å². The fourth-order valence-corrected chi connectivity index (χ4v) is 4.33. The van der Waals surface area contributed by atoms with Crippen LogP contribution in [0.3, 0.4) is 0 Å². The smallest absolute Gasteiger partial charge is 0.236 e. The molecule has 10 heteroatoms. The van der Waals surface area contributed by atoms with Gasteiger partial charge in [0.2, 0.25) is 5.91 Å². The third-order valence-corrected chi connectivity index (χ3v) is 6.07. The van der Waals surface area contributed by atoms with Crippen LogP contribution in [0.1, 0.15) is 0 Å². The van der Waals surface area contributed by atoms with E-state index in [1.807, 2.05) is 41.8 Å². The zero-order chi connectivity index (χ0) is 21.8. The molecule has 0 aliphatic rings. The number of carbonyl (C=O) groups is 1. The average Bonchev–Trinajstić information content (AvgIpc) is 3.43. The summed E-state index contributed by atoms with van der Waals surface area (Å²) in [6.07, 6.45) is 0. The third-order valence-electron chi connectivity index (χ3n) is 4.44. The van der Waals surface area contributed by atoms with Gasteiger partial charge in [-0.3, -0.25) is 4.79 Å². The Morgan fingerprint density at radius 3 is 2.61 bits per heavy atom. The highest BCUT2D eigenvalue weighted by Gasteiger charge is 2.14. The molecule has 8 nitrogen and oxygen atoms in total. The van der Waals surface area contributed by atoms with Gasteiger partial charge in [0, 0.05) is 17.0 Å². The molecule has 0 radical (unpaired) electrons. The van der Waals surface area contributed by atoms with E-state index < -0.39 is 0 Å². The lowest BCUT2D eigenvalue weighted by Crippen LogP contribution is -2.13. The molecule has 4 rings (SSSR count). The lowest BCUT2D eigenvalue weighted by atomic mass is 10.1. The van der Waals surface area contributed by atoms with Gasteiger partial charge in [-0.05, 0) is 30.3 Å². The summed E-state index contributed by atoms with van der Waals surface area (Å²) in [5.74, 6) is 2.17. The summed E-state index contributed by atoms with van der Waals surface area (Å²) in [4.78, 5) is 24.6. The Hall–Kier alpha value is -3.24. The van der Waals surface area contributed by atoms with Crippen LogP contribution in [0.15, 0.2) is 46.9 Å². The number of ether oxygens (including phenoxy) is 3. The Bertz CT molecular complexity index is 1220. The van der Waals surface area contributed by atoms with Gasteiger partial charge in [0.1, 0.15) is 17.2 Å². The number of H-pyrrole nitrogens is 1. The average molecular weight is 457 g/mol. The first-order chi connectivity index (χ1) is 15.1. The first-order valence-electron chi connectivity index (χ1n) is 9.24. The van der Waals surface area contributed by atoms with Crippen LogP contribution in [0.5, 0.6) is 17.2 Å². The van der Waals surface area contributed by atoms with Gasteiger partial charge in [0.15, 0.2) is 10.3 Å². The number of methoxy groups -OCH3 is 3. The van der Waals surface area contributed by atoms with Crippen molar-refractivity contribution in [3.05, 3.63) is 41.8 Å². The van der Waals surface area contributed by atoms with Crippen LogP contribution in [0, 0.1) is 0 Å². The number of hydrogen-bond acceptors (Lipinski definition) is 8. The summed E-state index contributed by atoms with van der Waals surface area (Å²) >= 11 is 2.67. The van der Waals surface area contributed by atoms with Crippen LogP contribution >= 0.6 is 23.1 Å². The number of amides is 1. The molecule has 2 aromatic heterocycles. The molecule has 0 unspecified atom stereocenters. The monoisotopic (exact) mass is 456 g/mol. The molecular formula is C21H20N4O4S2. The second kappa shape index (κ2) is 9.27. The minimum Gasteiger partial charge on any atom is -0.497 e. The van der Waals surface area contributed by atoms with Gasteiger partial charge in [0.05, 0.1) is 43.8 Å². The van der Waals surface area contributed by atoms with Crippen molar-refractivity contribution in [2.24, 2.45) is 0 Å². The van der Waals surface area contributed by atoms with Crippen LogP contribution in [0.2, 0.25) is 0 Å². The van der Waals surface area contributed by atoms with Gasteiger partial charge in [-0.2, -0.15) is 0 Å². The molecule has 0 aliphatic heterocycles. The Morgan fingerprint density at radius 1 is 1.06 bits per heavy atom. The van der Waals surface area contributed by atoms with Gasteiger partial charge in [0.25, 0.3) is 0 Å². The van der Waals surface area contributed by atoms with Gasteiger partial charge in [-0.1, -0.05) is 11.8 Å². The Kier molecular flexibility index (Phi) is 6.28. The zero-order valence-corrected chi connectivity index (χ0v) is 18.7. The third kappa shape index (κ3) is 4.75. The number of fused-ring (bicyclic) bond motifs is 1. The highest BCUT2D eigenvalue weighted by molar-refractivity contribution is 7.99. The number of aromatic nitrogens is 3. The fraction of sp³-hybridized carbons (Fsp3) is 0.190. The highest BCUT2D eigenvalue weighted by Crippen LogP contribution is 2.35. The first kappa shape index (κ1) is 21.0. The summed E-state index contributed by atoms with van der Waals surface area (Å²) < 4.78 is 15.9. The molecule has 0 saturated heterocycles. The number of thioether (sulfide) groups is 1. The van der Waals surface area contributed by atoms with Crippen molar-refractivity contribution in [3.63, 3.8) is 0 Å². The standard InChI is InChI=1S/C21H20N4O4S2/c1-27-12-5-7-18(29-3)14(8-12)17-10-30-21(24-17)25-19(26)11-31-20-22-15-6-4-13(28-2)9-16(15)23-20/h4-10H,11H2,1-3H3,(H,22,23)(H,24,25,26). The van der Waals surface area contributed by atoms with Crippen molar-refractivity contribution in [2.75, 3.05) is 32.4 Å². The summed E-state index contributed by atoms with van der Waals surface area (Å²) in [6, 6.07) is 11.1. The zero-order valence-electron chi connectivity index (χ0n) is 17.1. The molecule has 4 aromatic rings. The second-order valence-corrected chi connectivity index (χ2v) is 8.19. The van der Waals surface area contributed by atoms with E-state index in [4.69, 9.17) is 14.2 Å². The predicted molar refractivity (Wildman–Crippen MR) is 123 cm³/mol. The number of thiazole rings is 1. The van der Waals surface area contributed by atoms with Crippen molar-refractivity contribution in [1.29, 1.82) is 0 Å². The summed E-state index contributed by atoms with van der Waals surface area (Å²) in [5, 5.41) is 5.88. The normalized spacial score (nSPS) is 10.8. The van der Waals surface area contributed by atoms with Crippen LogP contribution in [-0.4, -0.2) is 47.9 Å². The lowest BCUT2D eigenvalue weighted by molar-refractivity contribution is -0.113. The van der Waals surface area contributed by atoms with E-state index in [0.717, 1.165) is 22.3 Å². The van der Waals surface area contributed by atoms with Crippen molar-refractivity contribution in [3.8, 4) is 28.5 Å². The van der Waals surface area contributed by atoms with E-state index in [0.29, 0.717) is 27.5 Å². The molecule has 0 atom stereocenters. The summed E-state index contributed by atoms with van der Waals surface area (Å²) in [5.41, 5.74) is 3.18. The molecule has 0 bridgehead atoms. The Balaban J connectivity index is 1.40. The van der Waals surface area contributed by atoms with Crippen LogP contribution in [0.4, 0.5) is 5.13 Å². The SMILES string of the molecule is COc1ccc(OC)c(-c2csc(NC(=O)CSc3nc4ccc(OC)cc4[nH]3)n2)c1. The number of aromatic amines is 1.